The van der Waals surface area contributed by atoms with E-state index in [0.717, 1.165) is 24.4 Å². The van der Waals surface area contributed by atoms with Crippen molar-refractivity contribution in [2.24, 2.45) is 5.41 Å². The van der Waals surface area contributed by atoms with E-state index < -0.39 is 5.41 Å². The lowest BCUT2D eigenvalue weighted by Crippen LogP contribution is -2.29. The molecule has 0 saturated heterocycles. The van der Waals surface area contributed by atoms with Gasteiger partial charge in [-0.2, -0.15) is 0 Å². The first-order chi connectivity index (χ1) is 12.3. The number of pyridine rings is 1. The zero-order valence-electron chi connectivity index (χ0n) is 16.4. The van der Waals surface area contributed by atoms with Crippen LogP contribution < -0.4 is 5.32 Å². The maximum Gasteiger partial charge on any atom is 0.230 e. The molecule has 0 aliphatic rings. The summed E-state index contributed by atoms with van der Waals surface area (Å²) < 4.78 is 0. The fourth-order valence-corrected chi connectivity index (χ4v) is 3.26. The second kappa shape index (κ2) is 9.19. The Kier molecular flexibility index (Phi) is 7.23. The smallest absolute Gasteiger partial charge is 0.230 e. The third kappa shape index (κ3) is 6.46. The van der Waals surface area contributed by atoms with Crippen molar-refractivity contribution in [3.8, 4) is 0 Å². The van der Waals surface area contributed by atoms with Crippen LogP contribution in [0.3, 0.4) is 0 Å². The van der Waals surface area contributed by atoms with Crippen LogP contribution in [-0.4, -0.2) is 35.1 Å². The lowest BCUT2D eigenvalue weighted by atomic mass is 9.95. The van der Waals surface area contributed by atoms with E-state index in [1.54, 1.807) is 6.20 Å². The molecule has 26 heavy (non-hydrogen) atoms. The Hall–Kier alpha value is -1.85. The molecular formula is C21H29N3OS. The van der Waals surface area contributed by atoms with Crippen molar-refractivity contribution >= 4 is 23.5 Å². The average molecular weight is 372 g/mol. The van der Waals surface area contributed by atoms with E-state index in [-0.39, 0.29) is 5.91 Å². The summed E-state index contributed by atoms with van der Waals surface area (Å²) in [5.74, 6) is 1.66. The molecule has 0 aliphatic carbocycles. The summed E-state index contributed by atoms with van der Waals surface area (Å²) in [6.07, 6.45) is 1.72. The van der Waals surface area contributed by atoms with Gasteiger partial charge in [0.1, 0.15) is 5.82 Å². The molecule has 1 N–H and O–H groups in total. The minimum atomic E-state index is -0.439. The van der Waals surface area contributed by atoms with E-state index in [4.69, 9.17) is 0 Å². The van der Waals surface area contributed by atoms with E-state index in [0.29, 0.717) is 5.82 Å². The number of hydrogen-bond donors (Lipinski definition) is 1. The Morgan fingerprint density at radius 3 is 2.54 bits per heavy atom. The standard InChI is InChI=1S/C21H29N3OS/c1-16-8-10-18(11-9-16)26-14-13-24(5)15-17-7-6-12-22-19(17)23-20(25)21(2,3)4/h6-12H,13-15H2,1-5H3,(H,22,23,25). The van der Waals surface area contributed by atoms with Gasteiger partial charge in [-0.1, -0.05) is 44.5 Å². The number of anilines is 1. The second-order valence-electron chi connectivity index (χ2n) is 7.61. The maximum atomic E-state index is 12.3. The van der Waals surface area contributed by atoms with Gasteiger partial charge >= 0.3 is 0 Å². The lowest BCUT2D eigenvalue weighted by molar-refractivity contribution is -0.123. The van der Waals surface area contributed by atoms with Gasteiger partial charge in [0.25, 0.3) is 0 Å². The highest BCUT2D eigenvalue weighted by molar-refractivity contribution is 7.99. The van der Waals surface area contributed by atoms with Crippen LogP contribution in [-0.2, 0) is 11.3 Å². The van der Waals surface area contributed by atoms with Crippen LogP contribution >= 0.6 is 11.8 Å². The maximum absolute atomic E-state index is 12.3. The third-order valence-electron chi connectivity index (χ3n) is 4.01. The Labute approximate surface area is 161 Å². The molecule has 0 bridgehead atoms. The quantitative estimate of drug-likeness (QED) is 0.723. The number of nitrogens with zero attached hydrogens (tertiary/aromatic N) is 2. The topological polar surface area (TPSA) is 45.2 Å². The van der Waals surface area contributed by atoms with Crippen molar-refractivity contribution in [2.75, 3.05) is 24.7 Å². The summed E-state index contributed by atoms with van der Waals surface area (Å²) in [5.41, 5.74) is 1.88. The van der Waals surface area contributed by atoms with Gasteiger partial charge in [0, 0.05) is 40.9 Å². The molecule has 4 nitrogen and oxygen atoms in total. The number of hydrogen-bond acceptors (Lipinski definition) is 4. The van der Waals surface area contributed by atoms with Gasteiger partial charge in [-0.05, 0) is 32.2 Å². The number of benzene rings is 1. The number of carbonyl (C=O) groups excluding carboxylic acids is 1. The zero-order valence-corrected chi connectivity index (χ0v) is 17.2. The number of thioether (sulfide) groups is 1. The molecule has 0 aliphatic heterocycles. The molecule has 0 spiro atoms. The summed E-state index contributed by atoms with van der Waals surface area (Å²) in [5, 5.41) is 2.96. The summed E-state index contributed by atoms with van der Waals surface area (Å²) in [7, 11) is 2.10. The van der Waals surface area contributed by atoms with Gasteiger partial charge in [-0.15, -0.1) is 11.8 Å². The SMILES string of the molecule is Cc1ccc(SCCN(C)Cc2cccnc2NC(=O)C(C)(C)C)cc1. The van der Waals surface area contributed by atoms with Crippen molar-refractivity contribution in [2.45, 2.75) is 39.1 Å². The van der Waals surface area contributed by atoms with E-state index >= 15 is 0 Å². The van der Waals surface area contributed by atoms with Gasteiger partial charge in [0.2, 0.25) is 5.91 Å². The molecule has 1 aromatic heterocycles. The molecule has 1 heterocycles. The summed E-state index contributed by atoms with van der Waals surface area (Å²) in [6, 6.07) is 12.6. The Balaban J connectivity index is 1.89. The fraction of sp³-hybridized carbons (Fsp3) is 0.429. The summed E-state index contributed by atoms with van der Waals surface area (Å²) in [6.45, 7) is 9.52. The van der Waals surface area contributed by atoms with E-state index in [9.17, 15) is 4.79 Å². The van der Waals surface area contributed by atoms with Crippen LogP contribution in [0.2, 0.25) is 0 Å². The first kappa shape index (κ1) is 20.5. The van der Waals surface area contributed by atoms with Crippen molar-refractivity contribution in [3.05, 3.63) is 53.7 Å². The first-order valence-corrected chi connectivity index (χ1v) is 9.87. The highest BCUT2D eigenvalue weighted by Gasteiger charge is 2.22. The first-order valence-electron chi connectivity index (χ1n) is 8.89. The molecule has 0 unspecified atom stereocenters. The predicted octanol–water partition coefficient (Wildman–Crippen LogP) is 4.60. The molecule has 2 aromatic rings. The molecule has 0 saturated carbocycles. The molecule has 0 fully saturated rings. The molecule has 0 radical (unpaired) electrons. The number of nitrogens with one attached hydrogen (secondary N) is 1. The third-order valence-corrected chi connectivity index (χ3v) is 5.00. The normalized spacial score (nSPS) is 11.6. The highest BCUT2D eigenvalue weighted by atomic mass is 32.2. The Morgan fingerprint density at radius 1 is 1.19 bits per heavy atom. The number of aromatic nitrogens is 1. The minimum Gasteiger partial charge on any atom is -0.310 e. The fourth-order valence-electron chi connectivity index (χ4n) is 2.30. The highest BCUT2D eigenvalue weighted by Crippen LogP contribution is 2.21. The summed E-state index contributed by atoms with van der Waals surface area (Å²) in [4.78, 5) is 20.2. The van der Waals surface area contributed by atoms with Crippen molar-refractivity contribution in [3.63, 3.8) is 0 Å². The Morgan fingerprint density at radius 2 is 1.88 bits per heavy atom. The molecule has 0 atom stereocenters. The van der Waals surface area contributed by atoms with Crippen LogP contribution in [0, 0.1) is 12.3 Å². The van der Waals surface area contributed by atoms with E-state index in [1.807, 2.05) is 44.7 Å². The molecule has 140 valence electrons. The lowest BCUT2D eigenvalue weighted by Gasteiger charge is -2.21. The van der Waals surface area contributed by atoms with Gasteiger partial charge in [0.15, 0.2) is 0 Å². The monoisotopic (exact) mass is 371 g/mol. The van der Waals surface area contributed by atoms with Crippen molar-refractivity contribution in [1.82, 2.24) is 9.88 Å². The predicted molar refractivity (Wildman–Crippen MR) is 111 cm³/mol. The van der Waals surface area contributed by atoms with Crippen LogP contribution in [0.25, 0.3) is 0 Å². The molecular weight excluding hydrogens is 342 g/mol. The molecule has 5 heteroatoms. The minimum absolute atomic E-state index is 0.0185. The van der Waals surface area contributed by atoms with Gasteiger partial charge in [-0.25, -0.2) is 4.98 Å². The average Bonchev–Trinajstić information content (AvgIpc) is 2.57. The van der Waals surface area contributed by atoms with Gasteiger partial charge in [0.05, 0.1) is 0 Å². The summed E-state index contributed by atoms with van der Waals surface area (Å²) >= 11 is 1.86. The molecule has 1 amide bonds. The number of rotatable bonds is 7. The Bertz CT molecular complexity index is 723. The van der Waals surface area contributed by atoms with Crippen molar-refractivity contribution < 1.29 is 4.79 Å². The van der Waals surface area contributed by atoms with Crippen LogP contribution in [0.4, 0.5) is 5.82 Å². The van der Waals surface area contributed by atoms with E-state index in [2.05, 4.69) is 53.4 Å². The number of carbonyl (C=O) groups is 1. The molecule has 2 rings (SSSR count). The van der Waals surface area contributed by atoms with Crippen LogP contribution in [0.1, 0.15) is 31.9 Å². The van der Waals surface area contributed by atoms with E-state index in [1.165, 1.54) is 10.5 Å². The van der Waals surface area contributed by atoms with Gasteiger partial charge in [-0.3, -0.25) is 4.79 Å². The zero-order chi connectivity index (χ0) is 19.2. The van der Waals surface area contributed by atoms with Gasteiger partial charge < -0.3 is 10.2 Å². The number of amides is 1. The van der Waals surface area contributed by atoms with Crippen molar-refractivity contribution in [1.29, 1.82) is 0 Å². The van der Waals surface area contributed by atoms with Crippen LogP contribution in [0.15, 0.2) is 47.5 Å². The van der Waals surface area contributed by atoms with Crippen LogP contribution in [0.5, 0.6) is 0 Å². The second-order valence-corrected chi connectivity index (χ2v) is 8.78. The molecule has 1 aromatic carbocycles. The largest absolute Gasteiger partial charge is 0.310 e. The number of aryl methyl sites for hydroxylation is 1.